The maximum atomic E-state index is 12.5. The van der Waals surface area contributed by atoms with E-state index in [9.17, 15) is 9.59 Å². The summed E-state index contributed by atoms with van der Waals surface area (Å²) in [6.07, 6.45) is 3.88. The van der Waals surface area contributed by atoms with Crippen LogP contribution in [0.1, 0.15) is 37.0 Å². The number of anilines is 1. The van der Waals surface area contributed by atoms with Crippen molar-refractivity contribution in [3.05, 3.63) is 66.7 Å². The summed E-state index contributed by atoms with van der Waals surface area (Å²) in [5, 5.41) is 12.1. The first kappa shape index (κ1) is 24.3. The van der Waals surface area contributed by atoms with Crippen molar-refractivity contribution < 1.29 is 14.3 Å². The van der Waals surface area contributed by atoms with E-state index in [1.165, 1.54) is 18.7 Å². The van der Waals surface area contributed by atoms with Crippen molar-refractivity contribution in [2.24, 2.45) is 0 Å². The number of hydrogen-bond acceptors (Lipinski definition) is 6. The fourth-order valence-corrected chi connectivity index (χ4v) is 3.83. The first-order valence-electron chi connectivity index (χ1n) is 10.8. The Morgan fingerprint density at radius 1 is 1.18 bits per heavy atom. The van der Waals surface area contributed by atoms with Crippen molar-refractivity contribution >= 4 is 29.1 Å². The lowest BCUT2D eigenvalue weighted by Crippen LogP contribution is -2.15. The van der Waals surface area contributed by atoms with Crippen molar-refractivity contribution in [1.82, 2.24) is 14.8 Å². The van der Waals surface area contributed by atoms with Gasteiger partial charge in [0.2, 0.25) is 5.91 Å². The van der Waals surface area contributed by atoms with Gasteiger partial charge in [-0.3, -0.25) is 14.2 Å². The third kappa shape index (κ3) is 6.79. The Bertz CT molecular complexity index is 1110. The van der Waals surface area contributed by atoms with Gasteiger partial charge in [0.15, 0.2) is 16.8 Å². The molecule has 7 nitrogen and oxygen atoms in total. The minimum atomic E-state index is -0.191. The number of amides is 1. The minimum absolute atomic E-state index is 0.0499. The van der Waals surface area contributed by atoms with Gasteiger partial charge in [0.05, 0.1) is 12.4 Å². The van der Waals surface area contributed by atoms with E-state index in [2.05, 4.69) is 29.0 Å². The highest BCUT2D eigenvalue weighted by molar-refractivity contribution is 7.99. The van der Waals surface area contributed by atoms with Crippen molar-refractivity contribution in [2.75, 3.05) is 17.7 Å². The molecule has 1 aromatic heterocycles. The molecule has 0 fully saturated rings. The number of carbonyl (C=O) groups is 2. The fourth-order valence-electron chi connectivity index (χ4n) is 3.08. The molecule has 8 heteroatoms. The Morgan fingerprint density at radius 3 is 2.67 bits per heavy atom. The summed E-state index contributed by atoms with van der Waals surface area (Å²) in [6, 6.07) is 14.6. The number of allylic oxidation sites excluding steroid dienone is 1. The molecule has 0 saturated carbocycles. The molecule has 0 atom stereocenters. The van der Waals surface area contributed by atoms with Gasteiger partial charge in [0.1, 0.15) is 5.75 Å². The Kier molecular flexibility index (Phi) is 8.83. The molecule has 33 heavy (non-hydrogen) atoms. The minimum Gasteiger partial charge on any atom is -0.494 e. The molecule has 0 saturated heterocycles. The number of carbonyl (C=O) groups excluding carboxylic acids is 2. The third-order valence-corrected chi connectivity index (χ3v) is 5.76. The topological polar surface area (TPSA) is 86.1 Å². The van der Waals surface area contributed by atoms with Gasteiger partial charge in [-0.1, -0.05) is 43.3 Å². The molecular weight excluding hydrogens is 436 g/mol. The summed E-state index contributed by atoms with van der Waals surface area (Å²) in [4.78, 5) is 24.0. The quantitative estimate of drug-likeness (QED) is 0.171. The zero-order valence-electron chi connectivity index (χ0n) is 18.9. The molecule has 1 N–H and O–H groups in total. The highest BCUT2D eigenvalue weighted by atomic mass is 32.2. The van der Waals surface area contributed by atoms with E-state index in [0.717, 1.165) is 24.2 Å². The lowest BCUT2D eigenvalue weighted by Gasteiger charge is -2.09. The van der Waals surface area contributed by atoms with Crippen LogP contribution in [0.5, 0.6) is 5.75 Å². The number of aromatic nitrogens is 3. The second kappa shape index (κ2) is 12.0. The second-order valence-corrected chi connectivity index (χ2v) is 8.35. The SMILES string of the molecule is C=CCn1c(SCC(=O)Nc2cccc(C(C)=O)c2)nnc1-c1ccc(OCCCC)cc1. The third-order valence-electron chi connectivity index (χ3n) is 4.79. The largest absolute Gasteiger partial charge is 0.494 e. The van der Waals surface area contributed by atoms with Gasteiger partial charge in [0.25, 0.3) is 0 Å². The molecule has 0 spiro atoms. The first-order valence-corrected chi connectivity index (χ1v) is 11.8. The molecule has 172 valence electrons. The Hall–Kier alpha value is -3.39. The summed E-state index contributed by atoms with van der Waals surface area (Å²) in [6.45, 7) is 8.67. The number of thioether (sulfide) groups is 1. The van der Waals surface area contributed by atoms with Crippen LogP contribution in [0.3, 0.4) is 0 Å². The van der Waals surface area contributed by atoms with Crippen molar-refractivity contribution in [3.63, 3.8) is 0 Å². The Balaban J connectivity index is 1.66. The summed E-state index contributed by atoms with van der Waals surface area (Å²) < 4.78 is 7.65. The molecular formula is C25H28N4O3S. The van der Waals surface area contributed by atoms with E-state index in [1.807, 2.05) is 28.8 Å². The molecule has 3 rings (SSSR count). The van der Waals surface area contributed by atoms with Crippen LogP contribution < -0.4 is 10.1 Å². The van der Waals surface area contributed by atoms with Crippen LogP contribution in [-0.2, 0) is 11.3 Å². The zero-order chi connectivity index (χ0) is 23.6. The highest BCUT2D eigenvalue weighted by Gasteiger charge is 2.15. The van der Waals surface area contributed by atoms with Crippen LogP contribution in [-0.4, -0.2) is 38.8 Å². The summed E-state index contributed by atoms with van der Waals surface area (Å²) in [5.41, 5.74) is 2.05. The van der Waals surface area contributed by atoms with Gasteiger partial charge >= 0.3 is 0 Å². The number of unbranched alkanes of at least 4 members (excludes halogenated alkanes) is 1. The standard InChI is InChI=1S/C25H28N4O3S/c1-4-6-15-32-22-12-10-19(11-13-22)24-27-28-25(29(24)14-5-2)33-17-23(31)26-21-9-7-8-20(16-21)18(3)30/h5,7-13,16H,2,4,6,14-15,17H2,1,3H3,(H,26,31). The number of hydrogen-bond donors (Lipinski definition) is 1. The van der Waals surface area contributed by atoms with Crippen molar-refractivity contribution in [2.45, 2.75) is 38.4 Å². The highest BCUT2D eigenvalue weighted by Crippen LogP contribution is 2.26. The van der Waals surface area contributed by atoms with E-state index < -0.39 is 0 Å². The molecule has 1 amide bonds. The van der Waals surface area contributed by atoms with Gasteiger partial charge in [-0.25, -0.2) is 0 Å². The molecule has 0 aliphatic rings. The van der Waals surface area contributed by atoms with Crippen molar-refractivity contribution in [3.8, 4) is 17.1 Å². The molecule has 1 heterocycles. The maximum Gasteiger partial charge on any atom is 0.234 e. The number of nitrogens with one attached hydrogen (secondary N) is 1. The molecule has 0 aliphatic heterocycles. The van der Waals surface area contributed by atoms with Crippen LogP contribution in [0.25, 0.3) is 11.4 Å². The average molecular weight is 465 g/mol. The lowest BCUT2D eigenvalue weighted by atomic mass is 10.1. The van der Waals surface area contributed by atoms with E-state index in [0.29, 0.717) is 35.4 Å². The van der Waals surface area contributed by atoms with E-state index in [-0.39, 0.29) is 17.4 Å². The number of Topliss-reactive ketones (excluding diaryl/α,β-unsaturated/α-hetero) is 1. The van der Waals surface area contributed by atoms with Crippen molar-refractivity contribution in [1.29, 1.82) is 0 Å². The molecule has 3 aromatic rings. The number of ether oxygens (including phenoxy) is 1. The lowest BCUT2D eigenvalue weighted by molar-refractivity contribution is -0.113. The predicted octanol–water partition coefficient (Wildman–Crippen LogP) is 5.24. The molecule has 0 bridgehead atoms. The number of benzene rings is 2. The molecule has 0 radical (unpaired) electrons. The average Bonchev–Trinajstić information content (AvgIpc) is 3.21. The Morgan fingerprint density at radius 2 is 1.97 bits per heavy atom. The van der Waals surface area contributed by atoms with Crippen LogP contribution in [0.4, 0.5) is 5.69 Å². The van der Waals surface area contributed by atoms with Crippen LogP contribution in [0.2, 0.25) is 0 Å². The van der Waals surface area contributed by atoms with E-state index in [4.69, 9.17) is 4.74 Å². The normalized spacial score (nSPS) is 10.6. The zero-order valence-corrected chi connectivity index (χ0v) is 19.7. The van der Waals surface area contributed by atoms with Crippen LogP contribution in [0, 0.1) is 0 Å². The summed E-state index contributed by atoms with van der Waals surface area (Å²) in [5.74, 6) is 1.44. The summed E-state index contributed by atoms with van der Waals surface area (Å²) in [7, 11) is 0. The van der Waals surface area contributed by atoms with Gasteiger partial charge in [-0.2, -0.15) is 0 Å². The monoisotopic (exact) mass is 464 g/mol. The van der Waals surface area contributed by atoms with E-state index >= 15 is 0 Å². The van der Waals surface area contributed by atoms with Gasteiger partial charge in [-0.15, -0.1) is 16.8 Å². The van der Waals surface area contributed by atoms with Gasteiger partial charge in [0, 0.05) is 23.4 Å². The van der Waals surface area contributed by atoms with E-state index in [1.54, 1.807) is 30.3 Å². The van der Waals surface area contributed by atoms with Crippen LogP contribution >= 0.6 is 11.8 Å². The number of rotatable bonds is 12. The maximum absolute atomic E-state index is 12.5. The number of nitrogens with zero attached hydrogens (tertiary/aromatic N) is 3. The fraction of sp³-hybridized carbons (Fsp3) is 0.280. The molecule has 0 unspecified atom stereocenters. The van der Waals surface area contributed by atoms with Crippen LogP contribution in [0.15, 0.2) is 66.3 Å². The second-order valence-electron chi connectivity index (χ2n) is 7.41. The number of ketones is 1. The van der Waals surface area contributed by atoms with Gasteiger partial charge in [-0.05, 0) is 49.7 Å². The molecule has 0 aliphatic carbocycles. The predicted molar refractivity (Wildman–Crippen MR) is 132 cm³/mol. The Labute approximate surface area is 198 Å². The van der Waals surface area contributed by atoms with Gasteiger partial charge < -0.3 is 10.1 Å². The smallest absolute Gasteiger partial charge is 0.234 e. The summed E-state index contributed by atoms with van der Waals surface area (Å²) >= 11 is 1.29. The molecule has 2 aromatic carbocycles. The first-order chi connectivity index (χ1) is 16.0.